The van der Waals surface area contributed by atoms with Gasteiger partial charge in [-0.2, -0.15) is 0 Å². The molecule has 5 nitrogen and oxygen atoms in total. The van der Waals surface area contributed by atoms with Crippen LogP contribution in [0.3, 0.4) is 0 Å². The van der Waals surface area contributed by atoms with Crippen molar-refractivity contribution in [3.8, 4) is 0 Å². The zero-order chi connectivity index (χ0) is 20.5. The average molecular weight is 431 g/mol. The summed E-state index contributed by atoms with van der Waals surface area (Å²) in [7, 11) is 2.01. The maximum atomic E-state index is 13.5. The van der Waals surface area contributed by atoms with Crippen molar-refractivity contribution in [3.05, 3.63) is 94.6 Å². The van der Waals surface area contributed by atoms with Crippen LogP contribution >= 0.6 is 23.5 Å². The molecule has 0 bridgehead atoms. The molecule has 30 heavy (non-hydrogen) atoms. The molecule has 0 saturated carbocycles. The zero-order valence-electron chi connectivity index (χ0n) is 16.2. The van der Waals surface area contributed by atoms with E-state index in [2.05, 4.69) is 22.0 Å². The molecular weight excluding hydrogens is 412 g/mol. The molecule has 2 aliphatic rings. The van der Waals surface area contributed by atoms with Crippen molar-refractivity contribution in [2.24, 2.45) is 4.99 Å². The summed E-state index contributed by atoms with van der Waals surface area (Å²) in [6.07, 6.45) is 3.42. The molecule has 1 fully saturated rings. The summed E-state index contributed by atoms with van der Waals surface area (Å²) in [4.78, 5) is 28.1. The fourth-order valence-electron chi connectivity index (χ4n) is 3.35. The Hall–Kier alpha value is -3.03. The summed E-state index contributed by atoms with van der Waals surface area (Å²) >= 11 is 3.06. The van der Waals surface area contributed by atoms with Gasteiger partial charge in [-0.15, -0.1) is 0 Å². The van der Waals surface area contributed by atoms with Gasteiger partial charge in [0.1, 0.15) is 4.91 Å². The van der Waals surface area contributed by atoms with Crippen LogP contribution in [-0.2, 0) is 11.3 Å². The molecule has 3 aromatic rings. The van der Waals surface area contributed by atoms with Crippen LogP contribution in [0.5, 0.6) is 0 Å². The lowest BCUT2D eigenvalue weighted by molar-refractivity contribution is -0.122. The van der Waals surface area contributed by atoms with E-state index in [1.807, 2.05) is 61.6 Å². The van der Waals surface area contributed by atoms with Crippen molar-refractivity contribution in [3.63, 3.8) is 0 Å². The summed E-state index contributed by atoms with van der Waals surface area (Å²) in [6, 6.07) is 21.9. The van der Waals surface area contributed by atoms with Crippen molar-refractivity contribution in [2.45, 2.75) is 11.4 Å². The third-order valence-electron chi connectivity index (χ3n) is 4.85. The van der Waals surface area contributed by atoms with Crippen molar-refractivity contribution in [2.75, 3.05) is 11.9 Å². The zero-order valence-corrected chi connectivity index (χ0v) is 17.9. The number of carbonyl (C=O) groups excluding carboxylic acids is 1. The van der Waals surface area contributed by atoms with E-state index in [0.29, 0.717) is 16.6 Å². The number of pyridine rings is 1. The lowest BCUT2D eigenvalue weighted by Gasteiger charge is -2.16. The number of thioether (sulfide) groups is 2. The van der Waals surface area contributed by atoms with Crippen molar-refractivity contribution >= 4 is 46.0 Å². The van der Waals surface area contributed by atoms with E-state index in [0.717, 1.165) is 26.9 Å². The lowest BCUT2D eigenvalue weighted by Crippen LogP contribution is -2.29. The van der Waals surface area contributed by atoms with Crippen LogP contribution < -0.4 is 4.90 Å². The van der Waals surface area contributed by atoms with E-state index in [1.54, 1.807) is 29.1 Å². The molecule has 1 saturated heterocycles. The smallest absolute Gasteiger partial charge is 0.269 e. The van der Waals surface area contributed by atoms with Crippen LogP contribution in [0.4, 0.5) is 11.4 Å². The van der Waals surface area contributed by atoms with Crippen LogP contribution in [0.25, 0.3) is 0 Å². The third kappa shape index (κ3) is 3.51. The number of fused-ring (bicyclic) bond motifs is 1. The molecule has 5 rings (SSSR count). The summed E-state index contributed by atoms with van der Waals surface area (Å²) < 4.78 is 0. The van der Waals surface area contributed by atoms with Gasteiger partial charge in [0.2, 0.25) is 0 Å². The van der Waals surface area contributed by atoms with Crippen LogP contribution in [0, 0.1) is 0 Å². The molecule has 0 radical (unpaired) electrons. The van der Waals surface area contributed by atoms with Gasteiger partial charge in [-0.25, -0.2) is 4.99 Å². The van der Waals surface area contributed by atoms with Crippen LogP contribution in [0.2, 0.25) is 0 Å². The van der Waals surface area contributed by atoms with Gasteiger partial charge in [-0.3, -0.25) is 14.7 Å². The molecule has 148 valence electrons. The maximum absolute atomic E-state index is 13.5. The molecule has 3 heterocycles. The fourth-order valence-corrected chi connectivity index (χ4v) is 5.70. The van der Waals surface area contributed by atoms with Crippen LogP contribution in [-0.4, -0.2) is 28.0 Å². The van der Waals surface area contributed by atoms with E-state index < -0.39 is 0 Å². The number of para-hydroxylation sites is 1. The number of amides is 1. The number of anilines is 1. The minimum atomic E-state index is -0.0198. The van der Waals surface area contributed by atoms with Crippen molar-refractivity contribution in [1.82, 2.24) is 9.88 Å². The molecule has 0 N–H and O–H groups in total. The Labute approximate surface area is 183 Å². The monoisotopic (exact) mass is 430 g/mol. The highest BCUT2D eigenvalue weighted by atomic mass is 32.2. The van der Waals surface area contributed by atoms with Crippen LogP contribution in [0.1, 0.15) is 5.56 Å². The summed E-state index contributed by atoms with van der Waals surface area (Å²) in [6.45, 7) is 0.476. The Bertz CT molecular complexity index is 1160. The van der Waals surface area contributed by atoms with Crippen molar-refractivity contribution in [1.29, 1.82) is 0 Å². The van der Waals surface area contributed by atoms with E-state index in [-0.39, 0.29) is 5.91 Å². The number of carbonyl (C=O) groups is 1. The Morgan fingerprint density at radius 2 is 1.77 bits per heavy atom. The summed E-state index contributed by atoms with van der Waals surface area (Å²) in [5.74, 6) is -0.0198. The fraction of sp³-hybridized carbons (Fsp3) is 0.0870. The number of hydrogen-bond acceptors (Lipinski definition) is 6. The number of aromatic nitrogens is 1. The molecule has 0 spiro atoms. The standard InChI is InChI=1S/C23H18N4OS2/c1-26-18-11-5-6-12-19(18)29-22(26)20-21(28)27(15-16-8-3-2-4-9-16)23(30-20)25-17-10-7-13-24-14-17/h2-14H,15H2,1H3/b22-20-,25-23+. The van der Waals surface area contributed by atoms with Gasteiger partial charge < -0.3 is 4.90 Å². The second-order valence-corrected chi connectivity index (χ2v) is 8.86. The molecule has 2 aromatic carbocycles. The first-order valence-corrected chi connectivity index (χ1v) is 11.1. The second kappa shape index (κ2) is 8.01. The molecule has 7 heteroatoms. The quantitative estimate of drug-likeness (QED) is 0.531. The molecule has 0 unspecified atom stereocenters. The molecule has 1 aromatic heterocycles. The second-order valence-electron chi connectivity index (χ2n) is 6.85. The van der Waals surface area contributed by atoms with Gasteiger partial charge in [0.15, 0.2) is 5.17 Å². The first-order valence-electron chi connectivity index (χ1n) is 9.48. The van der Waals surface area contributed by atoms with Gasteiger partial charge in [-0.1, -0.05) is 54.2 Å². The van der Waals surface area contributed by atoms with Crippen LogP contribution in [0.15, 0.2) is 98.9 Å². The van der Waals surface area contributed by atoms with Gasteiger partial charge in [-0.05, 0) is 41.6 Å². The van der Waals surface area contributed by atoms with Gasteiger partial charge in [0.05, 0.1) is 29.1 Å². The molecule has 0 aliphatic carbocycles. The van der Waals surface area contributed by atoms with Gasteiger partial charge in [0, 0.05) is 18.1 Å². The Morgan fingerprint density at radius 1 is 0.967 bits per heavy atom. The Kier molecular flexibility index (Phi) is 5.06. The predicted molar refractivity (Wildman–Crippen MR) is 124 cm³/mol. The average Bonchev–Trinajstić information content (AvgIpc) is 3.27. The molecule has 1 amide bonds. The predicted octanol–water partition coefficient (Wildman–Crippen LogP) is 5.26. The summed E-state index contributed by atoms with van der Waals surface area (Å²) in [5.41, 5.74) is 2.91. The topological polar surface area (TPSA) is 48.8 Å². The summed E-state index contributed by atoms with van der Waals surface area (Å²) in [5, 5.41) is 1.62. The number of benzene rings is 2. The highest BCUT2D eigenvalue weighted by molar-refractivity contribution is 8.19. The maximum Gasteiger partial charge on any atom is 0.269 e. The molecule has 2 aliphatic heterocycles. The Balaban J connectivity index is 1.55. The number of amidine groups is 1. The SMILES string of the molecule is CN1/C(=C2/S/C(=N/c3cccnc3)N(Cc3ccccc3)C2=O)Sc2ccccc21. The lowest BCUT2D eigenvalue weighted by atomic mass is 10.2. The minimum Gasteiger partial charge on any atom is -0.337 e. The van der Waals surface area contributed by atoms with E-state index in [4.69, 9.17) is 4.99 Å². The largest absolute Gasteiger partial charge is 0.337 e. The van der Waals surface area contributed by atoms with Crippen molar-refractivity contribution < 1.29 is 4.79 Å². The van der Waals surface area contributed by atoms with Gasteiger partial charge >= 0.3 is 0 Å². The highest BCUT2D eigenvalue weighted by Gasteiger charge is 2.39. The minimum absolute atomic E-state index is 0.0198. The van der Waals surface area contributed by atoms with E-state index in [9.17, 15) is 4.79 Å². The van der Waals surface area contributed by atoms with E-state index >= 15 is 0 Å². The van der Waals surface area contributed by atoms with E-state index in [1.165, 1.54) is 11.8 Å². The van der Waals surface area contributed by atoms with Gasteiger partial charge in [0.25, 0.3) is 5.91 Å². The highest BCUT2D eigenvalue weighted by Crippen LogP contribution is 2.50. The normalized spacial score (nSPS) is 19.6. The number of hydrogen-bond donors (Lipinski definition) is 0. The molecule has 0 atom stereocenters. The number of nitrogens with zero attached hydrogens (tertiary/aromatic N) is 4. The number of aliphatic imine (C=N–C) groups is 1. The third-order valence-corrected chi connectivity index (χ3v) is 7.28. The number of rotatable bonds is 3. The Morgan fingerprint density at radius 3 is 2.53 bits per heavy atom. The first-order chi connectivity index (χ1) is 14.7. The first kappa shape index (κ1) is 19.0. The molecular formula is C23H18N4OS2.